The molecule has 1 aromatic rings. The van der Waals surface area contributed by atoms with Crippen LogP contribution in [0, 0.1) is 11.8 Å². The first kappa shape index (κ1) is 13.7. The highest BCUT2D eigenvalue weighted by atomic mass is 16.5. The topological polar surface area (TPSA) is 65.5 Å². The first-order valence-electron chi connectivity index (χ1n) is 5.37. The molecule has 0 aliphatic carbocycles. The van der Waals surface area contributed by atoms with Crippen molar-refractivity contribution < 1.29 is 19.1 Å². The Morgan fingerprint density at radius 2 is 2.17 bits per heavy atom. The molecule has 0 saturated carbocycles. The van der Waals surface area contributed by atoms with E-state index in [-0.39, 0.29) is 18.1 Å². The van der Waals surface area contributed by atoms with Gasteiger partial charge in [-0.2, -0.15) is 0 Å². The molecule has 0 aliphatic rings. The number of hydrogen-bond donors (Lipinski definition) is 0. The Morgan fingerprint density at radius 3 is 2.83 bits per heavy atom. The van der Waals surface area contributed by atoms with Gasteiger partial charge in [0.15, 0.2) is 0 Å². The highest BCUT2D eigenvalue weighted by Gasteiger charge is 2.06. The molecule has 0 bridgehead atoms. The van der Waals surface area contributed by atoms with Crippen LogP contribution in [0.5, 0.6) is 0 Å². The molecular formula is C13H13NO4. The van der Waals surface area contributed by atoms with Gasteiger partial charge in [-0.3, -0.25) is 4.79 Å². The van der Waals surface area contributed by atoms with E-state index in [1.54, 1.807) is 19.1 Å². The molecule has 0 radical (unpaired) electrons. The number of carbonyl (C=O) groups is 2. The van der Waals surface area contributed by atoms with Gasteiger partial charge in [-0.25, -0.2) is 9.78 Å². The van der Waals surface area contributed by atoms with Crippen molar-refractivity contribution in [1.29, 1.82) is 0 Å². The number of pyridine rings is 1. The quantitative estimate of drug-likeness (QED) is 0.592. The maximum atomic E-state index is 11.2. The van der Waals surface area contributed by atoms with Crippen molar-refractivity contribution in [3.63, 3.8) is 0 Å². The van der Waals surface area contributed by atoms with E-state index in [0.717, 1.165) is 0 Å². The zero-order chi connectivity index (χ0) is 13.4. The monoisotopic (exact) mass is 247 g/mol. The predicted octanol–water partition coefficient (Wildman–Crippen LogP) is 1.17. The number of nitrogens with zero attached hydrogens (tertiary/aromatic N) is 1. The minimum absolute atomic E-state index is 0.00201. The molecule has 1 aromatic heterocycles. The van der Waals surface area contributed by atoms with E-state index in [4.69, 9.17) is 4.74 Å². The summed E-state index contributed by atoms with van der Waals surface area (Å²) in [6.07, 6.45) is -0.00201. The van der Waals surface area contributed by atoms with Gasteiger partial charge in [0.2, 0.25) is 0 Å². The van der Waals surface area contributed by atoms with Crippen LogP contribution >= 0.6 is 0 Å². The minimum Gasteiger partial charge on any atom is -0.465 e. The maximum Gasteiger partial charge on any atom is 0.356 e. The minimum atomic E-state index is -0.524. The highest BCUT2D eigenvalue weighted by Crippen LogP contribution is 2.00. The van der Waals surface area contributed by atoms with E-state index in [9.17, 15) is 9.59 Å². The molecule has 1 heterocycles. The molecule has 0 fully saturated rings. The molecule has 1 rings (SSSR count). The number of aromatic nitrogens is 1. The van der Waals surface area contributed by atoms with Gasteiger partial charge < -0.3 is 9.47 Å². The van der Waals surface area contributed by atoms with Crippen LogP contribution in [-0.2, 0) is 14.3 Å². The first-order valence-corrected chi connectivity index (χ1v) is 5.37. The summed E-state index contributed by atoms with van der Waals surface area (Å²) in [4.78, 5) is 26.2. The summed E-state index contributed by atoms with van der Waals surface area (Å²) in [6, 6.07) is 4.82. The van der Waals surface area contributed by atoms with Gasteiger partial charge >= 0.3 is 11.9 Å². The summed E-state index contributed by atoms with van der Waals surface area (Å²) in [6.45, 7) is 2.06. The van der Waals surface area contributed by atoms with E-state index >= 15 is 0 Å². The normalized spacial score (nSPS) is 9.00. The lowest BCUT2D eigenvalue weighted by atomic mass is 10.3. The first-order chi connectivity index (χ1) is 8.67. The summed E-state index contributed by atoms with van der Waals surface area (Å²) < 4.78 is 9.27. The zero-order valence-corrected chi connectivity index (χ0v) is 10.2. The van der Waals surface area contributed by atoms with E-state index in [2.05, 4.69) is 21.6 Å². The van der Waals surface area contributed by atoms with Crippen LogP contribution in [0.25, 0.3) is 0 Å². The lowest BCUT2D eigenvalue weighted by molar-refractivity contribution is -0.141. The van der Waals surface area contributed by atoms with Gasteiger partial charge in [0.25, 0.3) is 0 Å². The molecule has 0 spiro atoms. The molecule has 0 aromatic carbocycles. The Balaban J connectivity index is 2.71. The Bertz CT molecular complexity index is 499. The fraction of sp³-hybridized carbons (Fsp3) is 0.308. The molecule has 0 atom stereocenters. The lowest BCUT2D eigenvalue weighted by Crippen LogP contribution is -2.04. The number of rotatable bonds is 3. The van der Waals surface area contributed by atoms with Crippen LogP contribution in [0.3, 0.4) is 0 Å². The average molecular weight is 247 g/mol. The van der Waals surface area contributed by atoms with Crippen molar-refractivity contribution in [3.05, 3.63) is 29.6 Å². The van der Waals surface area contributed by atoms with Gasteiger partial charge in [-0.05, 0) is 25.0 Å². The third-order valence-corrected chi connectivity index (χ3v) is 1.90. The molecule has 0 unspecified atom stereocenters. The standard InChI is InChI=1S/C13H13NO4/c1-3-18-12(15)9-5-7-10-6-4-8-11(14-10)13(16)17-2/h4,6,8H,3,9H2,1-2H3. The molecule has 18 heavy (non-hydrogen) atoms. The molecule has 0 amide bonds. The van der Waals surface area contributed by atoms with Crippen LogP contribution < -0.4 is 0 Å². The van der Waals surface area contributed by atoms with Crippen molar-refractivity contribution >= 4 is 11.9 Å². The van der Waals surface area contributed by atoms with Gasteiger partial charge in [0.1, 0.15) is 17.8 Å². The Hall–Kier alpha value is -2.35. The number of ether oxygens (including phenoxy) is 2. The molecule has 0 N–H and O–H groups in total. The average Bonchev–Trinajstić information content (AvgIpc) is 2.38. The number of esters is 2. The van der Waals surface area contributed by atoms with Gasteiger partial charge in [0, 0.05) is 0 Å². The fourth-order valence-corrected chi connectivity index (χ4v) is 1.14. The SMILES string of the molecule is CCOC(=O)CC#Cc1cccc(C(=O)OC)n1. The van der Waals surface area contributed by atoms with Crippen LogP contribution in [0.15, 0.2) is 18.2 Å². The second kappa shape index (κ2) is 7.07. The third kappa shape index (κ3) is 4.26. The molecule has 0 saturated heterocycles. The summed E-state index contributed by atoms with van der Waals surface area (Å²) >= 11 is 0. The highest BCUT2D eigenvalue weighted by molar-refractivity contribution is 5.87. The third-order valence-electron chi connectivity index (χ3n) is 1.90. The largest absolute Gasteiger partial charge is 0.465 e. The van der Waals surface area contributed by atoms with Crippen molar-refractivity contribution in [2.45, 2.75) is 13.3 Å². The van der Waals surface area contributed by atoms with Crippen molar-refractivity contribution in [2.75, 3.05) is 13.7 Å². The second-order valence-electron chi connectivity index (χ2n) is 3.18. The Labute approximate surface area is 105 Å². The van der Waals surface area contributed by atoms with Crippen LogP contribution in [-0.4, -0.2) is 30.6 Å². The summed E-state index contributed by atoms with van der Waals surface area (Å²) in [7, 11) is 1.28. The predicted molar refractivity (Wildman–Crippen MR) is 63.7 cm³/mol. The fourth-order valence-electron chi connectivity index (χ4n) is 1.14. The van der Waals surface area contributed by atoms with E-state index in [0.29, 0.717) is 12.3 Å². The van der Waals surface area contributed by atoms with Crippen molar-refractivity contribution in [2.24, 2.45) is 0 Å². The number of hydrogen-bond acceptors (Lipinski definition) is 5. The van der Waals surface area contributed by atoms with Crippen molar-refractivity contribution in [3.8, 4) is 11.8 Å². The molecule has 0 aliphatic heterocycles. The zero-order valence-electron chi connectivity index (χ0n) is 10.2. The van der Waals surface area contributed by atoms with E-state index in [1.165, 1.54) is 13.2 Å². The van der Waals surface area contributed by atoms with Crippen molar-refractivity contribution in [1.82, 2.24) is 4.98 Å². The molecule has 5 heteroatoms. The Kier molecular flexibility index (Phi) is 5.39. The Morgan fingerprint density at radius 1 is 1.39 bits per heavy atom. The molecule has 5 nitrogen and oxygen atoms in total. The summed E-state index contributed by atoms with van der Waals surface area (Å²) in [5, 5.41) is 0. The van der Waals surface area contributed by atoms with E-state index < -0.39 is 5.97 Å². The molecule has 94 valence electrons. The lowest BCUT2D eigenvalue weighted by Gasteiger charge is -1.98. The summed E-state index contributed by atoms with van der Waals surface area (Å²) in [5.41, 5.74) is 0.586. The second-order valence-corrected chi connectivity index (χ2v) is 3.18. The maximum absolute atomic E-state index is 11.2. The number of methoxy groups -OCH3 is 1. The van der Waals surface area contributed by atoms with Gasteiger partial charge in [-0.1, -0.05) is 12.0 Å². The van der Waals surface area contributed by atoms with Gasteiger partial charge in [-0.15, -0.1) is 0 Å². The summed E-state index contributed by atoms with van der Waals surface area (Å²) in [5.74, 6) is 4.41. The molecular weight excluding hydrogens is 234 g/mol. The van der Waals surface area contributed by atoms with Crippen LogP contribution in [0.1, 0.15) is 29.5 Å². The van der Waals surface area contributed by atoms with Crippen LogP contribution in [0.2, 0.25) is 0 Å². The number of carbonyl (C=O) groups excluding carboxylic acids is 2. The smallest absolute Gasteiger partial charge is 0.356 e. The van der Waals surface area contributed by atoms with Crippen LogP contribution in [0.4, 0.5) is 0 Å². The van der Waals surface area contributed by atoms with E-state index in [1.807, 2.05) is 0 Å². The van der Waals surface area contributed by atoms with Gasteiger partial charge in [0.05, 0.1) is 13.7 Å².